The van der Waals surface area contributed by atoms with Crippen LogP contribution in [0.25, 0.3) is 0 Å². The van der Waals surface area contributed by atoms with E-state index in [1.807, 2.05) is 0 Å². The minimum Gasteiger partial charge on any atom is -0.496 e. The van der Waals surface area contributed by atoms with Crippen LogP contribution in [0.4, 0.5) is 4.39 Å². The van der Waals surface area contributed by atoms with Crippen LogP contribution in [0.15, 0.2) is 12.1 Å². The van der Waals surface area contributed by atoms with Crippen LogP contribution in [0.3, 0.4) is 0 Å². The molecule has 1 rings (SSSR count). The normalized spacial score (nSPS) is 10.1. The Morgan fingerprint density at radius 2 is 2.20 bits per heavy atom. The molecule has 0 amide bonds. The summed E-state index contributed by atoms with van der Waals surface area (Å²) in [4.78, 5) is 10.4. The Morgan fingerprint density at radius 1 is 1.53 bits per heavy atom. The van der Waals surface area contributed by atoms with Crippen molar-refractivity contribution in [3.63, 3.8) is 0 Å². The van der Waals surface area contributed by atoms with E-state index in [4.69, 9.17) is 9.84 Å². The van der Waals surface area contributed by atoms with Gasteiger partial charge in [0.15, 0.2) is 0 Å². The Balaban J connectivity index is 2.94. The van der Waals surface area contributed by atoms with Crippen molar-refractivity contribution in [3.05, 3.63) is 29.1 Å². The number of hydrogen-bond donors (Lipinski definition) is 1. The van der Waals surface area contributed by atoms with Gasteiger partial charge in [0.05, 0.1) is 7.11 Å². The highest BCUT2D eigenvalue weighted by Crippen LogP contribution is 2.23. The third-order valence-electron chi connectivity index (χ3n) is 2.17. The lowest BCUT2D eigenvalue weighted by Gasteiger charge is -2.09. The van der Waals surface area contributed by atoms with E-state index in [9.17, 15) is 9.18 Å². The summed E-state index contributed by atoms with van der Waals surface area (Å²) in [5.41, 5.74) is 1.08. The fourth-order valence-electron chi connectivity index (χ4n) is 1.32. The standard InChI is InChI=1S/C11H13FO3/c1-7-5-10(15-2)8(6-9(7)12)3-4-11(13)14/h5-6H,3-4H2,1-2H3,(H,13,14). The molecule has 0 saturated carbocycles. The average molecular weight is 212 g/mol. The maximum atomic E-state index is 13.2. The lowest BCUT2D eigenvalue weighted by atomic mass is 10.1. The van der Waals surface area contributed by atoms with E-state index in [0.717, 1.165) is 0 Å². The van der Waals surface area contributed by atoms with E-state index < -0.39 is 5.97 Å². The molecule has 0 heterocycles. The molecule has 82 valence electrons. The molecule has 0 spiro atoms. The predicted molar refractivity (Wildman–Crippen MR) is 53.6 cm³/mol. The number of hydrogen-bond acceptors (Lipinski definition) is 2. The van der Waals surface area contributed by atoms with E-state index in [2.05, 4.69) is 0 Å². The SMILES string of the molecule is COc1cc(C)c(F)cc1CCC(=O)O. The maximum Gasteiger partial charge on any atom is 0.303 e. The van der Waals surface area contributed by atoms with Gasteiger partial charge in [-0.1, -0.05) is 0 Å². The van der Waals surface area contributed by atoms with Crippen LogP contribution in [0.5, 0.6) is 5.75 Å². The molecule has 1 N–H and O–H groups in total. The zero-order valence-corrected chi connectivity index (χ0v) is 8.71. The smallest absolute Gasteiger partial charge is 0.303 e. The number of carbonyl (C=O) groups is 1. The molecule has 0 aliphatic carbocycles. The van der Waals surface area contributed by atoms with Crippen LogP contribution >= 0.6 is 0 Å². The fraction of sp³-hybridized carbons (Fsp3) is 0.364. The lowest BCUT2D eigenvalue weighted by Crippen LogP contribution is -2.01. The summed E-state index contributed by atoms with van der Waals surface area (Å²) in [7, 11) is 1.48. The molecular weight excluding hydrogens is 199 g/mol. The molecule has 4 heteroatoms. The highest BCUT2D eigenvalue weighted by Gasteiger charge is 2.09. The zero-order chi connectivity index (χ0) is 11.4. The van der Waals surface area contributed by atoms with Gasteiger partial charge < -0.3 is 9.84 Å². The summed E-state index contributed by atoms with van der Waals surface area (Å²) in [5.74, 6) is -0.704. The van der Waals surface area contributed by atoms with Crippen molar-refractivity contribution in [2.75, 3.05) is 7.11 Å². The zero-order valence-electron chi connectivity index (χ0n) is 8.71. The van der Waals surface area contributed by atoms with Gasteiger partial charge in [-0.15, -0.1) is 0 Å². The lowest BCUT2D eigenvalue weighted by molar-refractivity contribution is -0.136. The number of rotatable bonds is 4. The van der Waals surface area contributed by atoms with E-state index in [1.165, 1.54) is 13.2 Å². The van der Waals surface area contributed by atoms with Gasteiger partial charge in [-0.3, -0.25) is 4.79 Å². The molecule has 1 aromatic carbocycles. The molecular formula is C11H13FO3. The number of carboxylic acid groups (broad SMARTS) is 1. The molecule has 0 saturated heterocycles. The number of aliphatic carboxylic acids is 1. The first-order valence-corrected chi connectivity index (χ1v) is 4.59. The summed E-state index contributed by atoms with van der Waals surface area (Å²) in [6.07, 6.45) is 0.245. The van der Waals surface area contributed by atoms with Crippen LogP contribution in [0, 0.1) is 12.7 Å². The van der Waals surface area contributed by atoms with Gasteiger partial charge in [0, 0.05) is 6.42 Å². The van der Waals surface area contributed by atoms with E-state index in [1.54, 1.807) is 13.0 Å². The van der Waals surface area contributed by atoms with Crippen LogP contribution in [0.1, 0.15) is 17.5 Å². The number of methoxy groups -OCH3 is 1. The van der Waals surface area contributed by atoms with Gasteiger partial charge in [0.1, 0.15) is 11.6 Å². The second-order valence-corrected chi connectivity index (χ2v) is 3.31. The van der Waals surface area contributed by atoms with Gasteiger partial charge in [0.2, 0.25) is 0 Å². The highest BCUT2D eigenvalue weighted by atomic mass is 19.1. The molecule has 3 nitrogen and oxygen atoms in total. The highest BCUT2D eigenvalue weighted by molar-refractivity contribution is 5.67. The van der Waals surface area contributed by atoms with Crippen molar-refractivity contribution < 1.29 is 19.0 Å². The quantitative estimate of drug-likeness (QED) is 0.831. The third-order valence-corrected chi connectivity index (χ3v) is 2.17. The molecule has 0 aliphatic rings. The van der Waals surface area contributed by atoms with Gasteiger partial charge in [-0.2, -0.15) is 0 Å². The topological polar surface area (TPSA) is 46.5 Å². The Bertz CT molecular complexity index is 374. The van der Waals surface area contributed by atoms with Crippen molar-refractivity contribution in [3.8, 4) is 5.75 Å². The Hall–Kier alpha value is -1.58. The van der Waals surface area contributed by atoms with Gasteiger partial charge >= 0.3 is 5.97 Å². The molecule has 0 radical (unpaired) electrons. The maximum absolute atomic E-state index is 13.2. The first-order valence-electron chi connectivity index (χ1n) is 4.59. The van der Waals surface area contributed by atoms with Crippen LogP contribution in [-0.2, 0) is 11.2 Å². The number of carboxylic acids is 1. The molecule has 0 bridgehead atoms. The summed E-state index contributed by atoms with van der Waals surface area (Å²) in [5, 5.41) is 8.53. The second kappa shape index (κ2) is 4.77. The monoisotopic (exact) mass is 212 g/mol. The van der Waals surface area contributed by atoms with E-state index >= 15 is 0 Å². The van der Waals surface area contributed by atoms with Crippen molar-refractivity contribution in [2.24, 2.45) is 0 Å². The number of aryl methyl sites for hydroxylation is 2. The van der Waals surface area contributed by atoms with Crippen molar-refractivity contribution in [2.45, 2.75) is 19.8 Å². The summed E-state index contributed by atoms with van der Waals surface area (Å²) in [6, 6.07) is 2.91. The summed E-state index contributed by atoms with van der Waals surface area (Å²) < 4.78 is 18.3. The first kappa shape index (κ1) is 11.5. The number of benzene rings is 1. The second-order valence-electron chi connectivity index (χ2n) is 3.31. The molecule has 15 heavy (non-hydrogen) atoms. The number of ether oxygens (including phenoxy) is 1. The average Bonchev–Trinajstić information content (AvgIpc) is 2.19. The van der Waals surface area contributed by atoms with Crippen LogP contribution in [-0.4, -0.2) is 18.2 Å². The third kappa shape index (κ3) is 2.94. The van der Waals surface area contributed by atoms with Crippen molar-refractivity contribution >= 4 is 5.97 Å². The Morgan fingerprint density at radius 3 is 2.73 bits per heavy atom. The summed E-state index contributed by atoms with van der Waals surface area (Å²) in [6.45, 7) is 1.64. The molecule has 0 atom stereocenters. The Kier molecular flexibility index (Phi) is 3.66. The Labute approximate surface area is 87.5 Å². The summed E-state index contributed by atoms with van der Waals surface area (Å²) >= 11 is 0. The van der Waals surface area contributed by atoms with Crippen molar-refractivity contribution in [1.82, 2.24) is 0 Å². The molecule has 1 aromatic rings. The molecule has 0 aliphatic heterocycles. The van der Waals surface area contributed by atoms with Gasteiger partial charge in [-0.05, 0) is 36.6 Å². The van der Waals surface area contributed by atoms with Crippen molar-refractivity contribution in [1.29, 1.82) is 0 Å². The van der Waals surface area contributed by atoms with Crippen LogP contribution in [0.2, 0.25) is 0 Å². The molecule has 0 unspecified atom stereocenters. The van der Waals surface area contributed by atoms with Gasteiger partial charge in [-0.25, -0.2) is 4.39 Å². The largest absolute Gasteiger partial charge is 0.496 e. The molecule has 0 fully saturated rings. The van der Waals surface area contributed by atoms with Crippen LogP contribution < -0.4 is 4.74 Å². The van der Waals surface area contributed by atoms with E-state index in [-0.39, 0.29) is 18.7 Å². The predicted octanol–water partition coefficient (Wildman–Crippen LogP) is 2.16. The minimum absolute atomic E-state index is 0.0289. The first-order chi connectivity index (χ1) is 7.04. The minimum atomic E-state index is -0.905. The molecule has 0 aromatic heterocycles. The number of halogens is 1. The van der Waals surface area contributed by atoms with Gasteiger partial charge in [0.25, 0.3) is 0 Å². The van der Waals surface area contributed by atoms with E-state index in [0.29, 0.717) is 16.9 Å². The fourth-order valence-corrected chi connectivity index (χ4v) is 1.32.